The van der Waals surface area contributed by atoms with Crippen LogP contribution < -0.4 is 5.32 Å². The van der Waals surface area contributed by atoms with E-state index < -0.39 is 0 Å². The molecule has 1 aromatic heterocycles. The molecular formula is C23H27ClN4. The molecule has 0 radical (unpaired) electrons. The summed E-state index contributed by atoms with van der Waals surface area (Å²) in [4.78, 5) is 1.80. The first-order valence-corrected chi connectivity index (χ1v) is 10.6. The zero-order valence-electron chi connectivity index (χ0n) is 16.1. The fraction of sp³-hybridized carbons (Fsp3) is 0.391. The van der Waals surface area contributed by atoms with Gasteiger partial charge in [0.25, 0.3) is 0 Å². The van der Waals surface area contributed by atoms with Crippen LogP contribution in [-0.2, 0) is 13.1 Å². The van der Waals surface area contributed by atoms with Gasteiger partial charge in [0.1, 0.15) is 11.4 Å². The number of hydrogen-bond acceptors (Lipinski definition) is 3. The van der Waals surface area contributed by atoms with Gasteiger partial charge in [-0.25, -0.2) is 0 Å². The summed E-state index contributed by atoms with van der Waals surface area (Å²) < 4.78 is 0. The van der Waals surface area contributed by atoms with Crippen LogP contribution >= 0.6 is 11.6 Å². The van der Waals surface area contributed by atoms with Crippen LogP contribution in [0.2, 0.25) is 5.02 Å². The predicted octanol–water partition coefficient (Wildman–Crippen LogP) is 5.46. The van der Waals surface area contributed by atoms with Gasteiger partial charge < -0.3 is 5.32 Å². The molecule has 3 aromatic rings. The van der Waals surface area contributed by atoms with Crippen LogP contribution in [0.25, 0.3) is 11.3 Å². The van der Waals surface area contributed by atoms with E-state index in [1.807, 2.05) is 30.3 Å². The minimum absolute atomic E-state index is 0.590. The summed E-state index contributed by atoms with van der Waals surface area (Å²) in [6.07, 6.45) is 7.91. The van der Waals surface area contributed by atoms with Crippen LogP contribution in [0.4, 0.5) is 0 Å². The summed E-state index contributed by atoms with van der Waals surface area (Å²) in [5.74, 6) is 0. The molecule has 4 nitrogen and oxygen atoms in total. The van der Waals surface area contributed by atoms with Gasteiger partial charge in [-0.15, -0.1) is 0 Å². The zero-order valence-corrected chi connectivity index (χ0v) is 16.9. The Labute approximate surface area is 171 Å². The van der Waals surface area contributed by atoms with Crippen molar-refractivity contribution in [2.45, 2.75) is 57.7 Å². The third kappa shape index (κ3) is 5.00. The molecular weight excluding hydrogens is 368 g/mol. The number of nitrogens with zero attached hydrogens (tertiary/aromatic N) is 3. The second kappa shape index (κ2) is 9.35. The number of rotatable bonds is 6. The molecule has 1 heterocycles. The van der Waals surface area contributed by atoms with Crippen molar-refractivity contribution in [3.05, 3.63) is 70.9 Å². The number of nitrogens with one attached hydrogen (secondary N) is 1. The van der Waals surface area contributed by atoms with Crippen LogP contribution in [0.1, 0.15) is 49.8 Å². The van der Waals surface area contributed by atoms with Gasteiger partial charge in [-0.2, -0.15) is 15.0 Å². The first-order chi connectivity index (χ1) is 13.8. The average molecular weight is 395 g/mol. The fourth-order valence-corrected chi connectivity index (χ4v) is 4.00. The summed E-state index contributed by atoms with van der Waals surface area (Å²) in [5.41, 5.74) is 4.24. The molecule has 1 aliphatic rings. The molecule has 5 heteroatoms. The molecule has 0 aliphatic heterocycles. The van der Waals surface area contributed by atoms with E-state index in [2.05, 4.69) is 29.6 Å². The molecule has 0 bridgehead atoms. The van der Waals surface area contributed by atoms with Gasteiger partial charge in [-0.05, 0) is 30.5 Å². The molecule has 1 saturated carbocycles. The lowest BCUT2D eigenvalue weighted by Crippen LogP contribution is -2.28. The van der Waals surface area contributed by atoms with Gasteiger partial charge in [0.2, 0.25) is 0 Å². The second-order valence-electron chi connectivity index (χ2n) is 7.59. The van der Waals surface area contributed by atoms with E-state index >= 15 is 0 Å². The standard InChI is InChI=1S/C23H27ClN4/c24-20-14-12-18(13-15-20)17-28-26-22(16-25-21-10-6-1-2-7-11-21)23(27-28)19-8-4-3-5-9-19/h3-5,8-9,12-15,21,25H,1-2,6-7,10-11,16-17H2. The highest BCUT2D eigenvalue weighted by molar-refractivity contribution is 6.30. The highest BCUT2D eigenvalue weighted by atomic mass is 35.5. The Morgan fingerprint density at radius 1 is 0.893 bits per heavy atom. The quantitative estimate of drug-likeness (QED) is 0.564. The first-order valence-electron chi connectivity index (χ1n) is 10.3. The Bertz CT molecular complexity index is 865. The van der Waals surface area contributed by atoms with E-state index in [0.717, 1.165) is 34.1 Å². The van der Waals surface area contributed by atoms with E-state index in [4.69, 9.17) is 21.8 Å². The Kier molecular flexibility index (Phi) is 6.40. The molecule has 0 amide bonds. The number of halogens is 1. The molecule has 0 saturated heterocycles. The second-order valence-corrected chi connectivity index (χ2v) is 8.02. The summed E-state index contributed by atoms with van der Waals surface area (Å²) in [5, 5.41) is 14.1. The summed E-state index contributed by atoms with van der Waals surface area (Å²) >= 11 is 6.00. The Hall–Kier alpha value is -2.17. The SMILES string of the molecule is Clc1ccc(Cn2nc(CNC3CCCCCC3)c(-c3ccccc3)n2)cc1. The Morgan fingerprint density at radius 2 is 1.61 bits per heavy atom. The summed E-state index contributed by atoms with van der Waals surface area (Å²) in [6, 6.07) is 18.8. The molecule has 1 fully saturated rings. The van der Waals surface area contributed by atoms with E-state index in [-0.39, 0.29) is 0 Å². The molecule has 0 atom stereocenters. The van der Waals surface area contributed by atoms with E-state index in [1.165, 1.54) is 38.5 Å². The summed E-state index contributed by atoms with van der Waals surface area (Å²) in [6.45, 7) is 1.40. The Balaban J connectivity index is 1.54. The van der Waals surface area contributed by atoms with Crippen LogP contribution in [0.15, 0.2) is 54.6 Å². The van der Waals surface area contributed by atoms with Gasteiger partial charge in [0.15, 0.2) is 0 Å². The van der Waals surface area contributed by atoms with Crippen molar-refractivity contribution >= 4 is 11.6 Å². The van der Waals surface area contributed by atoms with Crippen molar-refractivity contribution in [3.63, 3.8) is 0 Å². The predicted molar refractivity (Wildman–Crippen MR) is 114 cm³/mol. The normalized spacial score (nSPS) is 15.5. The molecule has 28 heavy (non-hydrogen) atoms. The van der Waals surface area contributed by atoms with Crippen molar-refractivity contribution in [1.82, 2.24) is 20.3 Å². The molecule has 4 rings (SSSR count). The minimum Gasteiger partial charge on any atom is -0.308 e. The maximum Gasteiger partial charge on any atom is 0.117 e. The molecule has 1 aliphatic carbocycles. The topological polar surface area (TPSA) is 42.7 Å². The maximum atomic E-state index is 6.00. The van der Waals surface area contributed by atoms with E-state index in [9.17, 15) is 0 Å². The fourth-order valence-electron chi connectivity index (χ4n) is 3.87. The van der Waals surface area contributed by atoms with Crippen LogP contribution in [0.3, 0.4) is 0 Å². The highest BCUT2D eigenvalue weighted by Crippen LogP contribution is 2.22. The largest absolute Gasteiger partial charge is 0.308 e. The molecule has 2 aromatic carbocycles. The van der Waals surface area contributed by atoms with Crippen molar-refractivity contribution in [1.29, 1.82) is 0 Å². The number of hydrogen-bond donors (Lipinski definition) is 1. The minimum atomic E-state index is 0.590. The van der Waals surface area contributed by atoms with Crippen molar-refractivity contribution in [2.75, 3.05) is 0 Å². The van der Waals surface area contributed by atoms with Crippen molar-refractivity contribution < 1.29 is 0 Å². The lowest BCUT2D eigenvalue weighted by atomic mass is 10.1. The van der Waals surface area contributed by atoms with Crippen LogP contribution in [0.5, 0.6) is 0 Å². The van der Waals surface area contributed by atoms with E-state index in [1.54, 1.807) is 4.80 Å². The monoisotopic (exact) mass is 394 g/mol. The third-order valence-corrected chi connectivity index (χ3v) is 5.67. The van der Waals surface area contributed by atoms with Gasteiger partial charge in [-0.3, -0.25) is 0 Å². The maximum absolute atomic E-state index is 6.00. The van der Waals surface area contributed by atoms with Crippen LogP contribution in [-0.4, -0.2) is 21.0 Å². The molecule has 1 N–H and O–H groups in total. The lowest BCUT2D eigenvalue weighted by molar-refractivity contribution is 0.453. The smallest absolute Gasteiger partial charge is 0.117 e. The number of aromatic nitrogens is 3. The Morgan fingerprint density at radius 3 is 2.32 bits per heavy atom. The lowest BCUT2D eigenvalue weighted by Gasteiger charge is -2.15. The van der Waals surface area contributed by atoms with Crippen LogP contribution in [0, 0.1) is 0 Å². The molecule has 0 spiro atoms. The van der Waals surface area contributed by atoms with Crippen molar-refractivity contribution in [3.8, 4) is 11.3 Å². The van der Waals surface area contributed by atoms with E-state index in [0.29, 0.717) is 12.6 Å². The van der Waals surface area contributed by atoms with Crippen molar-refractivity contribution in [2.24, 2.45) is 0 Å². The van der Waals surface area contributed by atoms with Gasteiger partial charge in [0, 0.05) is 23.2 Å². The zero-order chi connectivity index (χ0) is 19.2. The summed E-state index contributed by atoms with van der Waals surface area (Å²) in [7, 11) is 0. The third-order valence-electron chi connectivity index (χ3n) is 5.42. The van der Waals surface area contributed by atoms with Gasteiger partial charge in [0.05, 0.1) is 6.54 Å². The van der Waals surface area contributed by atoms with Gasteiger partial charge >= 0.3 is 0 Å². The first kappa shape index (κ1) is 19.2. The number of benzene rings is 2. The average Bonchev–Trinajstić information content (AvgIpc) is 2.94. The molecule has 0 unspecified atom stereocenters. The highest BCUT2D eigenvalue weighted by Gasteiger charge is 2.16. The van der Waals surface area contributed by atoms with Gasteiger partial charge in [-0.1, -0.05) is 79.7 Å². The molecule has 146 valence electrons.